The first-order chi connectivity index (χ1) is 3.70. The zero-order valence-corrected chi connectivity index (χ0v) is 5.68. The summed E-state index contributed by atoms with van der Waals surface area (Å²) in [5.41, 5.74) is 3.23. The van der Waals surface area contributed by atoms with Gasteiger partial charge in [0, 0.05) is 26.7 Å². The molecule has 0 spiro atoms. The van der Waals surface area contributed by atoms with Crippen LogP contribution in [0.1, 0.15) is 6.92 Å². The van der Waals surface area contributed by atoms with Gasteiger partial charge in [-0.1, -0.05) is 0 Å². The first-order valence-electron chi connectivity index (χ1n) is 2.91. The summed E-state index contributed by atoms with van der Waals surface area (Å²) in [6.45, 7) is 3.27. The summed E-state index contributed by atoms with van der Waals surface area (Å²) in [7, 11) is 4.08. The highest BCUT2D eigenvalue weighted by atomic mass is 15.8. The third kappa shape index (κ3) is 0.992. The third-order valence-corrected chi connectivity index (χ3v) is 1.46. The van der Waals surface area contributed by atoms with Crippen LogP contribution in [0, 0.1) is 0 Å². The molecule has 0 radical (unpaired) electrons. The van der Waals surface area contributed by atoms with Gasteiger partial charge in [0.1, 0.15) is 0 Å². The van der Waals surface area contributed by atoms with Crippen LogP contribution in [0.5, 0.6) is 0 Å². The summed E-state index contributed by atoms with van der Waals surface area (Å²) in [5, 5.41) is 4.15. The number of hydrogen-bond acceptors (Lipinski definition) is 3. The lowest BCUT2D eigenvalue weighted by Gasteiger charge is -2.16. The molecule has 0 aliphatic carbocycles. The van der Waals surface area contributed by atoms with Crippen LogP contribution in [0.15, 0.2) is 0 Å². The van der Waals surface area contributed by atoms with Crippen molar-refractivity contribution in [3.8, 4) is 0 Å². The summed E-state index contributed by atoms with van der Waals surface area (Å²) in [5.74, 6) is 0. The third-order valence-electron chi connectivity index (χ3n) is 1.46. The van der Waals surface area contributed by atoms with E-state index in [4.69, 9.17) is 0 Å². The highest BCUT2D eigenvalue weighted by Gasteiger charge is 2.18. The van der Waals surface area contributed by atoms with Crippen LogP contribution < -0.4 is 5.43 Å². The number of nitrogens with one attached hydrogen (secondary N) is 1. The molecule has 8 heavy (non-hydrogen) atoms. The molecule has 3 nitrogen and oxygen atoms in total. The van der Waals surface area contributed by atoms with Gasteiger partial charge in [0.25, 0.3) is 0 Å². The maximum absolute atomic E-state index is 3.23. The van der Waals surface area contributed by atoms with Gasteiger partial charge in [-0.05, 0) is 6.92 Å². The van der Waals surface area contributed by atoms with E-state index in [1.54, 1.807) is 0 Å². The second-order valence-corrected chi connectivity index (χ2v) is 2.39. The SMILES string of the molecule is CC1CN(C)N(C)N1. The van der Waals surface area contributed by atoms with Gasteiger partial charge in [-0.25, -0.2) is 10.4 Å². The number of rotatable bonds is 0. The molecular formula is C5H13N3. The van der Waals surface area contributed by atoms with E-state index in [1.165, 1.54) is 0 Å². The first kappa shape index (κ1) is 6.01. The molecule has 1 atom stereocenters. The van der Waals surface area contributed by atoms with Gasteiger partial charge in [-0.3, -0.25) is 0 Å². The van der Waals surface area contributed by atoms with E-state index < -0.39 is 0 Å². The predicted molar refractivity (Wildman–Crippen MR) is 33.0 cm³/mol. The predicted octanol–water partition coefficient (Wildman–Crippen LogP) is -0.328. The lowest BCUT2D eigenvalue weighted by molar-refractivity contribution is 0.0445. The Balaban J connectivity index is 2.39. The number of hydrogen-bond donors (Lipinski definition) is 1. The van der Waals surface area contributed by atoms with Crippen LogP contribution in [0.3, 0.4) is 0 Å². The summed E-state index contributed by atoms with van der Waals surface area (Å²) < 4.78 is 0. The Morgan fingerprint density at radius 2 is 2.12 bits per heavy atom. The summed E-state index contributed by atoms with van der Waals surface area (Å²) in [4.78, 5) is 0. The zero-order valence-electron chi connectivity index (χ0n) is 5.68. The molecule has 48 valence electrons. The van der Waals surface area contributed by atoms with Crippen molar-refractivity contribution in [2.75, 3.05) is 20.6 Å². The van der Waals surface area contributed by atoms with E-state index in [9.17, 15) is 0 Å². The van der Waals surface area contributed by atoms with E-state index >= 15 is 0 Å². The van der Waals surface area contributed by atoms with Crippen LogP contribution in [-0.2, 0) is 0 Å². The van der Waals surface area contributed by atoms with Gasteiger partial charge in [0.2, 0.25) is 0 Å². The standard InChI is InChI=1S/C5H13N3/c1-5-4-7(2)8(3)6-5/h5-6H,4H2,1-3H3. The Morgan fingerprint density at radius 1 is 1.50 bits per heavy atom. The second-order valence-electron chi connectivity index (χ2n) is 2.39. The van der Waals surface area contributed by atoms with E-state index in [2.05, 4.69) is 24.4 Å². The van der Waals surface area contributed by atoms with Crippen molar-refractivity contribution in [3.05, 3.63) is 0 Å². The summed E-state index contributed by atoms with van der Waals surface area (Å²) in [6.07, 6.45) is 0. The largest absolute Gasteiger partial charge is 0.237 e. The van der Waals surface area contributed by atoms with Gasteiger partial charge in [-0.2, -0.15) is 5.12 Å². The highest BCUT2D eigenvalue weighted by Crippen LogP contribution is 1.98. The van der Waals surface area contributed by atoms with Crippen molar-refractivity contribution >= 4 is 0 Å². The molecule has 1 fully saturated rings. The van der Waals surface area contributed by atoms with Crippen LogP contribution in [0.25, 0.3) is 0 Å². The lowest BCUT2D eigenvalue weighted by Crippen LogP contribution is -2.36. The molecule has 0 amide bonds. The quantitative estimate of drug-likeness (QED) is 0.466. The van der Waals surface area contributed by atoms with Crippen molar-refractivity contribution in [2.24, 2.45) is 0 Å². The summed E-state index contributed by atoms with van der Waals surface area (Å²) >= 11 is 0. The average molecular weight is 115 g/mol. The Morgan fingerprint density at radius 3 is 2.25 bits per heavy atom. The van der Waals surface area contributed by atoms with Gasteiger partial charge >= 0.3 is 0 Å². The molecule has 1 rings (SSSR count). The fourth-order valence-electron chi connectivity index (χ4n) is 0.977. The van der Waals surface area contributed by atoms with Crippen LogP contribution >= 0.6 is 0 Å². The highest BCUT2D eigenvalue weighted by molar-refractivity contribution is 4.66. The molecule has 0 saturated carbocycles. The molecule has 1 saturated heterocycles. The van der Waals surface area contributed by atoms with Crippen LogP contribution in [-0.4, -0.2) is 36.8 Å². The Bertz CT molecular complexity index is 73.7. The number of hydrazine groups is 2. The van der Waals surface area contributed by atoms with Crippen molar-refractivity contribution in [3.63, 3.8) is 0 Å². The molecule has 1 aliphatic heterocycles. The molecule has 0 aromatic rings. The summed E-state index contributed by atoms with van der Waals surface area (Å²) in [6, 6.07) is 0.602. The van der Waals surface area contributed by atoms with Gasteiger partial charge < -0.3 is 0 Å². The molecule has 0 bridgehead atoms. The molecule has 0 aromatic heterocycles. The maximum atomic E-state index is 3.23. The molecule has 1 N–H and O–H groups in total. The minimum Gasteiger partial charge on any atom is -0.237 e. The Kier molecular flexibility index (Phi) is 1.51. The Hall–Kier alpha value is -0.120. The lowest BCUT2D eigenvalue weighted by atomic mass is 10.4. The van der Waals surface area contributed by atoms with Crippen molar-refractivity contribution in [1.29, 1.82) is 0 Å². The minimum absolute atomic E-state index is 0.602. The molecular weight excluding hydrogens is 102 g/mol. The number of nitrogens with zero attached hydrogens (tertiary/aromatic N) is 2. The fourth-order valence-corrected chi connectivity index (χ4v) is 0.977. The maximum Gasteiger partial charge on any atom is 0.0342 e. The topological polar surface area (TPSA) is 18.5 Å². The average Bonchev–Trinajstić information content (AvgIpc) is 1.85. The van der Waals surface area contributed by atoms with E-state index in [-0.39, 0.29) is 0 Å². The van der Waals surface area contributed by atoms with Crippen molar-refractivity contribution < 1.29 is 0 Å². The monoisotopic (exact) mass is 115 g/mol. The molecule has 1 heterocycles. The molecule has 3 heteroatoms. The van der Waals surface area contributed by atoms with E-state index in [0.717, 1.165) is 6.54 Å². The van der Waals surface area contributed by atoms with Crippen LogP contribution in [0.4, 0.5) is 0 Å². The minimum atomic E-state index is 0.602. The zero-order chi connectivity index (χ0) is 6.15. The molecule has 1 aliphatic rings. The van der Waals surface area contributed by atoms with E-state index in [1.807, 2.05) is 12.2 Å². The number of likely N-dealkylation sites (N-methyl/N-ethyl adjacent to an activating group) is 1. The van der Waals surface area contributed by atoms with Crippen molar-refractivity contribution in [2.45, 2.75) is 13.0 Å². The first-order valence-corrected chi connectivity index (χ1v) is 2.91. The Labute approximate surface area is 50.2 Å². The second kappa shape index (κ2) is 2.01. The van der Waals surface area contributed by atoms with Gasteiger partial charge in [0.15, 0.2) is 0 Å². The van der Waals surface area contributed by atoms with Crippen LogP contribution in [0.2, 0.25) is 0 Å². The fraction of sp³-hybridized carbons (Fsp3) is 1.00. The smallest absolute Gasteiger partial charge is 0.0342 e. The van der Waals surface area contributed by atoms with Gasteiger partial charge in [-0.15, -0.1) is 0 Å². The molecule has 0 aromatic carbocycles. The molecule has 1 unspecified atom stereocenters. The normalized spacial score (nSPS) is 34.1. The van der Waals surface area contributed by atoms with Crippen molar-refractivity contribution in [1.82, 2.24) is 15.6 Å². The van der Waals surface area contributed by atoms with Gasteiger partial charge in [0.05, 0.1) is 0 Å². The van der Waals surface area contributed by atoms with E-state index in [0.29, 0.717) is 6.04 Å².